The van der Waals surface area contributed by atoms with Gasteiger partial charge in [-0.3, -0.25) is 9.69 Å². The Bertz CT molecular complexity index is 787. The third-order valence-electron chi connectivity index (χ3n) is 5.23. The van der Waals surface area contributed by atoms with E-state index in [-0.39, 0.29) is 12.0 Å². The first kappa shape index (κ1) is 16.3. The van der Waals surface area contributed by atoms with E-state index in [1.807, 2.05) is 24.3 Å². The van der Waals surface area contributed by atoms with E-state index in [0.717, 1.165) is 37.3 Å². The SMILES string of the molecule is CCN1Cc2cccc(NC(=O)C[C@H]3OCCc4ccccc43)c2C1. The fourth-order valence-corrected chi connectivity index (χ4v) is 3.85. The van der Waals surface area contributed by atoms with Crippen LogP contribution >= 0.6 is 0 Å². The number of hydrogen-bond acceptors (Lipinski definition) is 3. The Labute approximate surface area is 148 Å². The van der Waals surface area contributed by atoms with Crippen LogP contribution in [-0.2, 0) is 29.0 Å². The normalized spacial score (nSPS) is 19.3. The molecule has 0 aliphatic carbocycles. The second-order valence-corrected chi connectivity index (χ2v) is 6.81. The Kier molecular flexibility index (Phi) is 4.55. The number of rotatable bonds is 4. The molecule has 2 aliphatic heterocycles. The van der Waals surface area contributed by atoms with Gasteiger partial charge in [0.15, 0.2) is 0 Å². The highest BCUT2D eigenvalue weighted by Gasteiger charge is 2.25. The van der Waals surface area contributed by atoms with Gasteiger partial charge in [0.1, 0.15) is 0 Å². The van der Waals surface area contributed by atoms with Crippen LogP contribution in [0.25, 0.3) is 0 Å². The Morgan fingerprint density at radius 2 is 2.00 bits per heavy atom. The Balaban J connectivity index is 1.47. The van der Waals surface area contributed by atoms with Crippen molar-refractivity contribution in [2.24, 2.45) is 0 Å². The molecule has 2 heterocycles. The molecule has 0 radical (unpaired) electrons. The van der Waals surface area contributed by atoms with Gasteiger partial charge in [-0.05, 0) is 41.3 Å². The molecule has 0 unspecified atom stereocenters. The van der Waals surface area contributed by atoms with Gasteiger partial charge in [-0.1, -0.05) is 43.3 Å². The maximum absolute atomic E-state index is 12.6. The Hall–Kier alpha value is -2.17. The molecule has 0 saturated carbocycles. The molecule has 2 aromatic carbocycles. The first-order valence-corrected chi connectivity index (χ1v) is 9.07. The molecule has 4 heteroatoms. The van der Waals surface area contributed by atoms with Gasteiger partial charge in [-0.15, -0.1) is 0 Å². The van der Waals surface area contributed by atoms with Crippen LogP contribution in [-0.4, -0.2) is 24.0 Å². The lowest BCUT2D eigenvalue weighted by Gasteiger charge is -2.25. The fourth-order valence-electron chi connectivity index (χ4n) is 3.85. The molecule has 4 nitrogen and oxygen atoms in total. The third kappa shape index (κ3) is 3.32. The summed E-state index contributed by atoms with van der Waals surface area (Å²) in [4.78, 5) is 15.0. The van der Waals surface area contributed by atoms with E-state index in [1.54, 1.807) is 0 Å². The zero-order valence-corrected chi connectivity index (χ0v) is 14.6. The predicted octanol–water partition coefficient (Wildman–Crippen LogP) is 3.66. The quantitative estimate of drug-likeness (QED) is 0.926. The fraction of sp³-hybridized carbons (Fsp3) is 0.381. The number of carbonyl (C=O) groups excluding carboxylic acids is 1. The van der Waals surface area contributed by atoms with Crippen molar-refractivity contribution >= 4 is 11.6 Å². The van der Waals surface area contributed by atoms with Crippen LogP contribution in [0.3, 0.4) is 0 Å². The van der Waals surface area contributed by atoms with Gasteiger partial charge in [0.05, 0.1) is 19.1 Å². The van der Waals surface area contributed by atoms with E-state index in [0.29, 0.717) is 13.0 Å². The molecule has 4 rings (SSSR count). The topological polar surface area (TPSA) is 41.6 Å². The smallest absolute Gasteiger partial charge is 0.227 e. The molecule has 1 amide bonds. The molecule has 0 saturated heterocycles. The number of ether oxygens (including phenoxy) is 1. The molecule has 1 N–H and O–H groups in total. The molecule has 1 atom stereocenters. The summed E-state index contributed by atoms with van der Waals surface area (Å²) < 4.78 is 5.87. The molecular weight excluding hydrogens is 312 g/mol. The van der Waals surface area contributed by atoms with Crippen molar-refractivity contribution in [1.29, 1.82) is 0 Å². The molecule has 0 spiro atoms. The zero-order valence-electron chi connectivity index (χ0n) is 14.6. The lowest BCUT2D eigenvalue weighted by atomic mass is 9.95. The van der Waals surface area contributed by atoms with Crippen molar-refractivity contribution in [3.63, 3.8) is 0 Å². The highest BCUT2D eigenvalue weighted by atomic mass is 16.5. The Morgan fingerprint density at radius 3 is 2.88 bits per heavy atom. The lowest BCUT2D eigenvalue weighted by Crippen LogP contribution is -2.22. The molecule has 0 fully saturated rings. The van der Waals surface area contributed by atoms with Crippen LogP contribution in [0.2, 0.25) is 0 Å². The summed E-state index contributed by atoms with van der Waals surface area (Å²) in [7, 11) is 0. The number of fused-ring (bicyclic) bond motifs is 2. The van der Waals surface area contributed by atoms with Crippen LogP contribution in [0.5, 0.6) is 0 Å². The highest BCUT2D eigenvalue weighted by Crippen LogP contribution is 2.32. The zero-order chi connectivity index (χ0) is 17.2. The number of carbonyl (C=O) groups is 1. The van der Waals surface area contributed by atoms with Gasteiger partial charge in [-0.25, -0.2) is 0 Å². The number of benzene rings is 2. The van der Waals surface area contributed by atoms with Gasteiger partial charge in [0.25, 0.3) is 0 Å². The largest absolute Gasteiger partial charge is 0.373 e. The van der Waals surface area contributed by atoms with E-state index >= 15 is 0 Å². The first-order valence-electron chi connectivity index (χ1n) is 9.07. The summed E-state index contributed by atoms with van der Waals surface area (Å²) in [5, 5.41) is 3.12. The minimum absolute atomic E-state index is 0.0186. The maximum atomic E-state index is 12.6. The summed E-state index contributed by atoms with van der Waals surface area (Å²) in [6.45, 7) is 5.75. The summed E-state index contributed by atoms with van der Waals surface area (Å²) in [6, 6.07) is 14.5. The van der Waals surface area contributed by atoms with Crippen LogP contribution in [0, 0.1) is 0 Å². The van der Waals surface area contributed by atoms with Crippen LogP contribution in [0.1, 0.15) is 41.7 Å². The van der Waals surface area contributed by atoms with Crippen molar-refractivity contribution in [3.05, 3.63) is 64.7 Å². The second-order valence-electron chi connectivity index (χ2n) is 6.81. The Morgan fingerprint density at radius 1 is 1.16 bits per heavy atom. The lowest BCUT2D eigenvalue weighted by molar-refractivity contribution is -0.119. The van der Waals surface area contributed by atoms with E-state index in [9.17, 15) is 4.79 Å². The minimum atomic E-state index is -0.145. The summed E-state index contributed by atoms with van der Waals surface area (Å²) in [5.74, 6) is 0.0186. The average molecular weight is 336 g/mol. The van der Waals surface area contributed by atoms with Crippen LogP contribution in [0.15, 0.2) is 42.5 Å². The third-order valence-corrected chi connectivity index (χ3v) is 5.23. The van der Waals surface area contributed by atoms with Gasteiger partial charge in [-0.2, -0.15) is 0 Å². The van der Waals surface area contributed by atoms with Crippen molar-refractivity contribution < 1.29 is 9.53 Å². The van der Waals surface area contributed by atoms with Gasteiger partial charge < -0.3 is 10.1 Å². The second kappa shape index (κ2) is 6.98. The van der Waals surface area contributed by atoms with Gasteiger partial charge in [0, 0.05) is 18.8 Å². The van der Waals surface area contributed by atoms with E-state index < -0.39 is 0 Å². The molecule has 25 heavy (non-hydrogen) atoms. The van der Waals surface area contributed by atoms with Crippen molar-refractivity contribution in [3.8, 4) is 0 Å². The molecule has 0 aromatic heterocycles. The van der Waals surface area contributed by atoms with E-state index in [2.05, 4.69) is 35.3 Å². The van der Waals surface area contributed by atoms with Crippen molar-refractivity contribution in [2.45, 2.75) is 39.0 Å². The summed E-state index contributed by atoms with van der Waals surface area (Å²) in [5.41, 5.74) is 5.97. The number of nitrogens with one attached hydrogen (secondary N) is 1. The molecule has 130 valence electrons. The van der Waals surface area contributed by atoms with Crippen LogP contribution in [0.4, 0.5) is 5.69 Å². The number of anilines is 1. The molecule has 0 bridgehead atoms. The van der Waals surface area contributed by atoms with Gasteiger partial charge in [0.2, 0.25) is 5.91 Å². The van der Waals surface area contributed by atoms with E-state index in [1.165, 1.54) is 16.7 Å². The average Bonchev–Trinajstić information content (AvgIpc) is 3.06. The van der Waals surface area contributed by atoms with Crippen molar-refractivity contribution in [2.75, 3.05) is 18.5 Å². The van der Waals surface area contributed by atoms with Gasteiger partial charge >= 0.3 is 0 Å². The number of hydrogen-bond donors (Lipinski definition) is 1. The summed E-state index contributed by atoms with van der Waals surface area (Å²) in [6.07, 6.45) is 1.14. The van der Waals surface area contributed by atoms with Crippen LogP contribution < -0.4 is 5.32 Å². The first-order chi connectivity index (χ1) is 12.2. The molecule has 2 aliphatic rings. The predicted molar refractivity (Wildman–Crippen MR) is 98.3 cm³/mol. The summed E-state index contributed by atoms with van der Waals surface area (Å²) >= 11 is 0. The number of nitrogens with zero attached hydrogens (tertiary/aromatic N) is 1. The highest BCUT2D eigenvalue weighted by molar-refractivity contribution is 5.92. The molecular formula is C21H24N2O2. The number of amides is 1. The minimum Gasteiger partial charge on any atom is -0.373 e. The maximum Gasteiger partial charge on any atom is 0.227 e. The standard InChI is InChI=1S/C21H24N2O2/c1-2-23-13-16-7-5-9-19(18(16)14-23)22-21(24)12-20-17-8-4-3-6-15(17)10-11-25-20/h3-9,20H,2,10-14H2,1H3,(H,22,24)/t20-/m1/s1. The van der Waals surface area contributed by atoms with Crippen molar-refractivity contribution in [1.82, 2.24) is 4.90 Å². The molecule has 2 aromatic rings. The monoisotopic (exact) mass is 336 g/mol. The van der Waals surface area contributed by atoms with E-state index in [4.69, 9.17) is 4.74 Å².